The van der Waals surface area contributed by atoms with Crippen molar-refractivity contribution in [3.8, 4) is 0 Å². The standard InChI is InChI=1S/C29H34N6O5/c1-18(2)24-29-34-23(17-40-29)25(36)31-15-9-7-13-21(32-26(37)20-12-6-8-14-30-20)27(38)33-22(28(39)35-24)16-19-10-4-3-5-11-19/h3-6,8,10-12,14,17-18,21-22,24H,7,9,13,15-16H2,1-2H3,(H,31,36)(H,32,37)(H,33,38)(H,35,39)/t21-,22-,24-/m0/s1. The summed E-state index contributed by atoms with van der Waals surface area (Å²) in [6.45, 7) is 4.13. The molecular formula is C29H34N6O5. The van der Waals surface area contributed by atoms with Crippen molar-refractivity contribution < 1.29 is 23.6 Å². The number of carbonyl (C=O) groups excluding carboxylic acids is 4. The summed E-state index contributed by atoms with van der Waals surface area (Å²) in [4.78, 5) is 61.1. The van der Waals surface area contributed by atoms with Crippen LogP contribution in [0, 0.1) is 5.92 Å². The van der Waals surface area contributed by atoms with Gasteiger partial charge in [0.2, 0.25) is 17.7 Å². The van der Waals surface area contributed by atoms with Crippen molar-refractivity contribution in [2.45, 2.75) is 57.7 Å². The van der Waals surface area contributed by atoms with Crippen LogP contribution >= 0.6 is 0 Å². The molecule has 3 heterocycles. The Morgan fingerprint density at radius 2 is 1.80 bits per heavy atom. The van der Waals surface area contributed by atoms with Crippen LogP contribution in [0.3, 0.4) is 0 Å². The van der Waals surface area contributed by atoms with Crippen LogP contribution in [0.25, 0.3) is 0 Å². The number of nitrogens with one attached hydrogen (secondary N) is 4. The minimum absolute atomic E-state index is 0.122. The average Bonchev–Trinajstić information content (AvgIpc) is 3.45. The zero-order valence-electron chi connectivity index (χ0n) is 22.6. The third-order valence-electron chi connectivity index (χ3n) is 6.63. The van der Waals surface area contributed by atoms with Crippen molar-refractivity contribution >= 4 is 23.6 Å². The molecule has 0 fully saturated rings. The van der Waals surface area contributed by atoms with Gasteiger partial charge in [0.25, 0.3) is 11.8 Å². The van der Waals surface area contributed by atoms with Crippen LogP contribution < -0.4 is 21.3 Å². The number of amides is 4. The molecular weight excluding hydrogens is 512 g/mol. The quantitative estimate of drug-likeness (QED) is 0.383. The molecule has 40 heavy (non-hydrogen) atoms. The van der Waals surface area contributed by atoms with Gasteiger partial charge >= 0.3 is 0 Å². The van der Waals surface area contributed by atoms with E-state index >= 15 is 0 Å². The monoisotopic (exact) mass is 546 g/mol. The molecule has 0 saturated heterocycles. The summed E-state index contributed by atoms with van der Waals surface area (Å²) >= 11 is 0. The van der Waals surface area contributed by atoms with Gasteiger partial charge in [-0.2, -0.15) is 0 Å². The molecule has 4 rings (SSSR count). The number of benzene rings is 1. The van der Waals surface area contributed by atoms with Crippen molar-refractivity contribution in [2.75, 3.05) is 6.54 Å². The highest BCUT2D eigenvalue weighted by Gasteiger charge is 2.31. The van der Waals surface area contributed by atoms with Crippen LogP contribution in [0.4, 0.5) is 0 Å². The highest BCUT2D eigenvalue weighted by Crippen LogP contribution is 2.22. The molecule has 210 valence electrons. The van der Waals surface area contributed by atoms with Gasteiger partial charge in [0.05, 0.1) is 0 Å². The Balaban J connectivity index is 1.62. The second kappa shape index (κ2) is 13.5. The second-order valence-corrected chi connectivity index (χ2v) is 10.0. The molecule has 4 amide bonds. The second-order valence-electron chi connectivity index (χ2n) is 10.0. The third-order valence-corrected chi connectivity index (χ3v) is 6.63. The van der Waals surface area contributed by atoms with Gasteiger partial charge in [0, 0.05) is 19.2 Å². The lowest BCUT2D eigenvalue weighted by atomic mass is 10.0. The van der Waals surface area contributed by atoms with Gasteiger partial charge in [-0.05, 0) is 42.9 Å². The van der Waals surface area contributed by atoms with E-state index in [9.17, 15) is 19.2 Å². The Kier molecular flexibility index (Phi) is 9.61. The SMILES string of the molecule is CC(C)[C@@H]1NC(=O)[C@H](Cc2ccccc2)NC(=O)[C@@H](NC(=O)c2ccccn2)CCCCNC(=O)c2coc1n2. The first kappa shape index (κ1) is 28.5. The number of aromatic nitrogens is 2. The fraction of sp³-hybridized carbons (Fsp3) is 0.379. The highest BCUT2D eigenvalue weighted by atomic mass is 16.3. The first-order valence-electron chi connectivity index (χ1n) is 13.4. The number of carbonyl (C=O) groups is 4. The van der Waals surface area contributed by atoms with E-state index in [-0.39, 0.29) is 29.6 Å². The topological polar surface area (TPSA) is 155 Å². The lowest BCUT2D eigenvalue weighted by Gasteiger charge is -2.26. The first-order chi connectivity index (χ1) is 19.3. The van der Waals surface area contributed by atoms with Gasteiger partial charge < -0.3 is 25.7 Å². The molecule has 1 aliphatic heterocycles. The van der Waals surface area contributed by atoms with Gasteiger partial charge in [-0.15, -0.1) is 0 Å². The summed E-state index contributed by atoms with van der Waals surface area (Å²) in [7, 11) is 0. The molecule has 0 saturated carbocycles. The molecule has 2 bridgehead atoms. The van der Waals surface area contributed by atoms with Crippen LogP contribution in [-0.4, -0.2) is 52.2 Å². The van der Waals surface area contributed by atoms with Gasteiger partial charge in [0.15, 0.2) is 5.69 Å². The fourth-order valence-electron chi connectivity index (χ4n) is 4.40. The predicted octanol–water partition coefficient (Wildman–Crippen LogP) is 2.32. The molecule has 0 aliphatic carbocycles. The van der Waals surface area contributed by atoms with E-state index in [0.29, 0.717) is 25.8 Å². The number of pyridine rings is 1. The Hall–Kier alpha value is -4.54. The van der Waals surface area contributed by atoms with Crippen LogP contribution in [-0.2, 0) is 16.0 Å². The molecule has 3 aromatic rings. The van der Waals surface area contributed by atoms with Crippen LogP contribution in [0.2, 0.25) is 0 Å². The first-order valence-corrected chi connectivity index (χ1v) is 13.4. The lowest BCUT2D eigenvalue weighted by Crippen LogP contribution is -2.55. The molecule has 0 spiro atoms. The van der Waals surface area contributed by atoms with Gasteiger partial charge in [0.1, 0.15) is 30.1 Å². The molecule has 0 unspecified atom stereocenters. The van der Waals surface area contributed by atoms with E-state index in [1.807, 2.05) is 44.2 Å². The summed E-state index contributed by atoms with van der Waals surface area (Å²) in [6, 6.07) is 11.8. The smallest absolute Gasteiger partial charge is 0.273 e. The number of fused-ring (bicyclic) bond motifs is 2. The van der Waals surface area contributed by atoms with Crippen LogP contribution in [0.1, 0.15) is 71.6 Å². The number of nitrogens with zero attached hydrogens (tertiary/aromatic N) is 2. The normalized spacial score (nSPS) is 20.8. The Bertz CT molecular complexity index is 1310. The minimum atomic E-state index is -0.948. The molecule has 1 aliphatic rings. The number of rotatable bonds is 5. The Labute approximate surface area is 232 Å². The maximum absolute atomic E-state index is 13.6. The van der Waals surface area contributed by atoms with Crippen molar-refractivity contribution in [1.29, 1.82) is 0 Å². The summed E-state index contributed by atoms with van der Waals surface area (Å²) < 4.78 is 5.58. The van der Waals surface area contributed by atoms with E-state index in [2.05, 4.69) is 31.2 Å². The van der Waals surface area contributed by atoms with Crippen LogP contribution in [0.15, 0.2) is 65.4 Å². The van der Waals surface area contributed by atoms with Crippen molar-refractivity contribution in [2.24, 2.45) is 5.92 Å². The van der Waals surface area contributed by atoms with E-state index in [0.717, 1.165) is 5.56 Å². The summed E-state index contributed by atoms with van der Waals surface area (Å²) in [5, 5.41) is 11.4. The van der Waals surface area contributed by atoms with Gasteiger partial charge in [-0.1, -0.05) is 50.2 Å². The lowest BCUT2D eigenvalue weighted by molar-refractivity contribution is -0.130. The molecule has 1 aromatic carbocycles. The van der Waals surface area contributed by atoms with E-state index < -0.39 is 41.8 Å². The summed E-state index contributed by atoms with van der Waals surface area (Å²) in [6.07, 6.45) is 4.37. The molecule has 4 N–H and O–H groups in total. The Morgan fingerprint density at radius 1 is 1.02 bits per heavy atom. The number of oxazole rings is 1. The molecule has 0 radical (unpaired) electrons. The minimum Gasteiger partial charge on any atom is -0.446 e. The molecule has 11 nitrogen and oxygen atoms in total. The maximum Gasteiger partial charge on any atom is 0.273 e. The van der Waals surface area contributed by atoms with E-state index in [1.54, 1.807) is 18.2 Å². The zero-order chi connectivity index (χ0) is 28.5. The summed E-state index contributed by atoms with van der Waals surface area (Å²) in [5.74, 6) is -1.75. The van der Waals surface area contributed by atoms with Crippen molar-refractivity contribution in [3.05, 3.63) is 83.8 Å². The number of hydrogen-bond acceptors (Lipinski definition) is 7. The van der Waals surface area contributed by atoms with Gasteiger partial charge in [-0.3, -0.25) is 24.2 Å². The zero-order valence-corrected chi connectivity index (χ0v) is 22.6. The molecule has 11 heteroatoms. The number of hydrogen-bond donors (Lipinski definition) is 4. The van der Waals surface area contributed by atoms with Crippen LogP contribution in [0.5, 0.6) is 0 Å². The maximum atomic E-state index is 13.6. The van der Waals surface area contributed by atoms with Crippen molar-refractivity contribution in [1.82, 2.24) is 31.2 Å². The van der Waals surface area contributed by atoms with E-state index in [1.165, 1.54) is 12.5 Å². The predicted molar refractivity (Wildman–Crippen MR) is 146 cm³/mol. The van der Waals surface area contributed by atoms with Gasteiger partial charge in [-0.25, -0.2) is 4.98 Å². The fourth-order valence-corrected chi connectivity index (χ4v) is 4.40. The average molecular weight is 547 g/mol. The van der Waals surface area contributed by atoms with E-state index in [4.69, 9.17) is 4.42 Å². The Morgan fingerprint density at radius 3 is 2.52 bits per heavy atom. The third kappa shape index (κ3) is 7.52. The highest BCUT2D eigenvalue weighted by molar-refractivity contribution is 5.97. The molecule has 2 aromatic heterocycles. The summed E-state index contributed by atoms with van der Waals surface area (Å²) in [5.41, 5.74) is 1.15. The largest absolute Gasteiger partial charge is 0.446 e. The van der Waals surface area contributed by atoms with Crippen molar-refractivity contribution in [3.63, 3.8) is 0 Å². The molecule has 3 atom stereocenters.